The van der Waals surface area contributed by atoms with E-state index >= 15 is 0 Å². The predicted octanol–water partition coefficient (Wildman–Crippen LogP) is 2.62. The van der Waals surface area contributed by atoms with Crippen LogP contribution in [0.4, 0.5) is 11.4 Å². The second-order valence-electron chi connectivity index (χ2n) is 6.61. The third-order valence-electron chi connectivity index (χ3n) is 4.72. The Bertz CT molecular complexity index is 821. The molecule has 1 fully saturated rings. The van der Waals surface area contributed by atoms with Crippen LogP contribution in [0.2, 0.25) is 0 Å². The van der Waals surface area contributed by atoms with Gasteiger partial charge in [-0.1, -0.05) is 0 Å². The Morgan fingerprint density at radius 1 is 0.893 bits per heavy atom. The molecule has 7 nitrogen and oxygen atoms in total. The summed E-state index contributed by atoms with van der Waals surface area (Å²) in [7, 11) is 3.14. The lowest BCUT2D eigenvalue weighted by molar-refractivity contribution is -0.114. The van der Waals surface area contributed by atoms with Crippen LogP contribution in [0.15, 0.2) is 42.5 Å². The number of carbonyl (C=O) groups excluding carboxylic acids is 2. The minimum Gasteiger partial charge on any atom is -0.497 e. The summed E-state index contributed by atoms with van der Waals surface area (Å²) >= 11 is 0. The molecule has 7 heteroatoms. The number of amides is 2. The molecule has 1 heterocycles. The molecule has 0 radical (unpaired) electrons. The minimum atomic E-state index is -0.0888. The molecular weight excluding hydrogens is 358 g/mol. The largest absolute Gasteiger partial charge is 0.497 e. The molecule has 1 aliphatic rings. The van der Waals surface area contributed by atoms with Crippen LogP contribution in [0.25, 0.3) is 0 Å². The number of hydrogen-bond donors (Lipinski definition) is 1. The van der Waals surface area contributed by atoms with E-state index in [0.29, 0.717) is 30.2 Å². The summed E-state index contributed by atoms with van der Waals surface area (Å²) < 4.78 is 10.5. The van der Waals surface area contributed by atoms with Gasteiger partial charge in [0.1, 0.15) is 11.5 Å². The van der Waals surface area contributed by atoms with Gasteiger partial charge in [-0.25, -0.2) is 0 Å². The molecule has 1 N–H and O–H groups in total. The Morgan fingerprint density at radius 3 is 1.96 bits per heavy atom. The monoisotopic (exact) mass is 383 g/mol. The van der Waals surface area contributed by atoms with Crippen molar-refractivity contribution < 1.29 is 19.1 Å². The zero-order valence-corrected chi connectivity index (χ0v) is 16.4. The minimum absolute atomic E-state index is 0.0298. The maximum absolute atomic E-state index is 12.9. The SMILES string of the molecule is COc1cc(OC)cc(C(=O)N2CCN(c3ccc(NC(C)=O)cc3)CC2)c1. The number of piperazine rings is 1. The number of nitrogens with one attached hydrogen (secondary N) is 1. The summed E-state index contributed by atoms with van der Waals surface area (Å²) in [6.07, 6.45) is 0. The highest BCUT2D eigenvalue weighted by Gasteiger charge is 2.23. The molecule has 2 aromatic rings. The van der Waals surface area contributed by atoms with Gasteiger partial charge in [-0.2, -0.15) is 0 Å². The van der Waals surface area contributed by atoms with Crippen molar-refractivity contribution in [1.82, 2.24) is 4.90 Å². The first-order chi connectivity index (χ1) is 13.5. The summed E-state index contributed by atoms with van der Waals surface area (Å²) in [5, 5.41) is 2.76. The van der Waals surface area contributed by atoms with Gasteiger partial charge in [-0.15, -0.1) is 0 Å². The second-order valence-corrected chi connectivity index (χ2v) is 6.61. The van der Waals surface area contributed by atoms with Gasteiger partial charge in [0.2, 0.25) is 5.91 Å². The van der Waals surface area contributed by atoms with Crippen LogP contribution in [-0.4, -0.2) is 57.1 Å². The van der Waals surface area contributed by atoms with Crippen molar-refractivity contribution in [3.05, 3.63) is 48.0 Å². The number of methoxy groups -OCH3 is 2. The molecule has 0 aliphatic carbocycles. The first-order valence-electron chi connectivity index (χ1n) is 9.15. The quantitative estimate of drug-likeness (QED) is 0.859. The number of carbonyl (C=O) groups is 2. The number of nitrogens with zero attached hydrogens (tertiary/aromatic N) is 2. The lowest BCUT2D eigenvalue weighted by Gasteiger charge is -2.36. The maximum Gasteiger partial charge on any atom is 0.254 e. The van der Waals surface area contributed by atoms with E-state index in [4.69, 9.17) is 9.47 Å². The van der Waals surface area contributed by atoms with Crippen molar-refractivity contribution in [3.63, 3.8) is 0 Å². The van der Waals surface area contributed by atoms with Crippen LogP contribution < -0.4 is 19.7 Å². The first-order valence-corrected chi connectivity index (χ1v) is 9.15. The van der Waals surface area contributed by atoms with Gasteiger partial charge in [0.05, 0.1) is 14.2 Å². The van der Waals surface area contributed by atoms with Crippen molar-refractivity contribution in [2.75, 3.05) is 50.6 Å². The van der Waals surface area contributed by atoms with E-state index in [1.165, 1.54) is 6.92 Å². The van der Waals surface area contributed by atoms with Crippen molar-refractivity contribution in [2.24, 2.45) is 0 Å². The number of rotatable bonds is 5. The summed E-state index contributed by atoms with van der Waals surface area (Å²) in [5.74, 6) is 1.08. The van der Waals surface area contributed by atoms with Crippen molar-refractivity contribution in [2.45, 2.75) is 6.92 Å². The summed E-state index contributed by atoms with van der Waals surface area (Å²) in [6, 6.07) is 13.0. The molecule has 0 saturated carbocycles. The Hall–Kier alpha value is -3.22. The van der Waals surface area contributed by atoms with E-state index in [9.17, 15) is 9.59 Å². The van der Waals surface area contributed by atoms with E-state index in [0.717, 1.165) is 24.5 Å². The molecular formula is C21H25N3O4. The molecule has 148 valence electrons. The van der Waals surface area contributed by atoms with Crippen molar-refractivity contribution in [3.8, 4) is 11.5 Å². The lowest BCUT2D eigenvalue weighted by atomic mass is 10.1. The third-order valence-corrected chi connectivity index (χ3v) is 4.72. The average Bonchev–Trinajstić information content (AvgIpc) is 2.73. The van der Waals surface area contributed by atoms with E-state index in [1.54, 1.807) is 32.4 Å². The van der Waals surface area contributed by atoms with Crippen LogP contribution >= 0.6 is 0 Å². The van der Waals surface area contributed by atoms with E-state index in [-0.39, 0.29) is 11.8 Å². The summed E-state index contributed by atoms with van der Waals surface area (Å²) in [6.45, 7) is 4.23. The van der Waals surface area contributed by atoms with E-state index in [2.05, 4.69) is 10.2 Å². The molecule has 1 aliphatic heterocycles. The van der Waals surface area contributed by atoms with Crippen LogP contribution in [0.1, 0.15) is 17.3 Å². The fourth-order valence-corrected chi connectivity index (χ4v) is 3.24. The number of anilines is 2. The molecule has 0 bridgehead atoms. The Morgan fingerprint density at radius 2 is 1.46 bits per heavy atom. The van der Waals surface area contributed by atoms with Gasteiger partial charge in [0.15, 0.2) is 0 Å². The van der Waals surface area contributed by atoms with Gasteiger partial charge in [0.25, 0.3) is 5.91 Å². The highest BCUT2D eigenvalue weighted by atomic mass is 16.5. The molecule has 3 rings (SSSR count). The smallest absolute Gasteiger partial charge is 0.254 e. The van der Waals surface area contributed by atoms with Gasteiger partial charge in [-0.05, 0) is 36.4 Å². The molecule has 0 atom stereocenters. The summed E-state index contributed by atoms with van der Waals surface area (Å²) in [4.78, 5) is 28.1. The highest BCUT2D eigenvalue weighted by Crippen LogP contribution is 2.25. The fraction of sp³-hybridized carbons (Fsp3) is 0.333. The highest BCUT2D eigenvalue weighted by molar-refractivity contribution is 5.95. The Balaban J connectivity index is 1.63. The number of ether oxygens (including phenoxy) is 2. The molecule has 1 saturated heterocycles. The van der Waals surface area contributed by atoms with Crippen LogP contribution in [0.5, 0.6) is 11.5 Å². The second kappa shape index (κ2) is 8.65. The molecule has 2 aromatic carbocycles. The first kappa shape index (κ1) is 19.5. The van der Waals surface area contributed by atoms with Crippen molar-refractivity contribution >= 4 is 23.2 Å². The fourth-order valence-electron chi connectivity index (χ4n) is 3.24. The van der Waals surface area contributed by atoms with Gasteiger partial charge in [0, 0.05) is 56.1 Å². The zero-order valence-electron chi connectivity index (χ0n) is 16.4. The standard InChI is InChI=1S/C21H25N3O4/c1-15(25)22-17-4-6-18(7-5-17)23-8-10-24(11-9-23)21(26)16-12-19(27-2)14-20(13-16)28-3/h4-7,12-14H,8-11H2,1-3H3,(H,22,25). The van der Waals surface area contributed by atoms with Crippen LogP contribution in [-0.2, 0) is 4.79 Å². The van der Waals surface area contributed by atoms with E-state index < -0.39 is 0 Å². The molecule has 28 heavy (non-hydrogen) atoms. The van der Waals surface area contributed by atoms with Crippen molar-refractivity contribution in [1.29, 1.82) is 0 Å². The predicted molar refractivity (Wildman–Crippen MR) is 108 cm³/mol. The number of hydrogen-bond acceptors (Lipinski definition) is 5. The average molecular weight is 383 g/mol. The Kier molecular flexibility index (Phi) is 6.03. The van der Waals surface area contributed by atoms with Gasteiger partial charge in [-0.3, -0.25) is 9.59 Å². The van der Waals surface area contributed by atoms with Gasteiger partial charge >= 0.3 is 0 Å². The van der Waals surface area contributed by atoms with E-state index in [1.807, 2.05) is 29.2 Å². The molecule has 0 aromatic heterocycles. The lowest BCUT2D eigenvalue weighted by Crippen LogP contribution is -2.48. The van der Waals surface area contributed by atoms with Gasteiger partial charge < -0.3 is 24.6 Å². The van der Waals surface area contributed by atoms with Crippen LogP contribution in [0.3, 0.4) is 0 Å². The maximum atomic E-state index is 12.9. The Labute approximate surface area is 164 Å². The molecule has 0 unspecified atom stereocenters. The van der Waals surface area contributed by atoms with Crippen LogP contribution in [0, 0.1) is 0 Å². The third kappa shape index (κ3) is 4.54. The topological polar surface area (TPSA) is 71.1 Å². The zero-order chi connectivity index (χ0) is 20.1. The normalized spacial score (nSPS) is 13.8. The molecule has 2 amide bonds. The summed E-state index contributed by atoms with van der Waals surface area (Å²) in [5.41, 5.74) is 2.41. The molecule has 0 spiro atoms. The number of benzene rings is 2.